The number of aryl methyl sites for hydroxylation is 1. The molecule has 0 aliphatic carbocycles. The second-order valence-electron chi connectivity index (χ2n) is 4.28. The fourth-order valence-electron chi connectivity index (χ4n) is 2.02. The normalized spacial score (nSPS) is 10.1. The zero-order valence-electron chi connectivity index (χ0n) is 10.8. The second-order valence-corrected chi connectivity index (χ2v) is 5.92. The summed E-state index contributed by atoms with van der Waals surface area (Å²) in [6.45, 7) is 2.04. The van der Waals surface area contributed by atoms with Crippen LogP contribution in [0.15, 0.2) is 54.6 Å². The van der Waals surface area contributed by atoms with Crippen molar-refractivity contribution in [2.45, 2.75) is 6.92 Å². The summed E-state index contributed by atoms with van der Waals surface area (Å²) < 4.78 is 0. The number of rotatable bonds is 2. The maximum atomic E-state index is 5.94. The quantitative estimate of drug-likeness (QED) is 0.680. The van der Waals surface area contributed by atoms with Crippen LogP contribution in [-0.4, -0.2) is 4.98 Å². The fourth-order valence-corrected chi connectivity index (χ4v) is 3.09. The van der Waals surface area contributed by atoms with Crippen LogP contribution in [0.25, 0.3) is 21.7 Å². The molecular weight excluding hydrogens is 354 g/mol. The van der Waals surface area contributed by atoms with Crippen LogP contribution < -0.4 is 17.0 Å². The lowest BCUT2D eigenvalue weighted by Gasteiger charge is -2.02. The molecule has 20 heavy (non-hydrogen) atoms. The standard InChI is InChI=1S/C16H12ClNS.BrH/c1-11-18-15(12-7-9-14(17)10-8-12)16(19-11)13-5-3-2-4-6-13;/h2-10H,1H3;1H/p-1. The zero-order valence-corrected chi connectivity index (χ0v) is 14.0. The monoisotopic (exact) mass is 364 g/mol. The Hall–Kier alpha value is -1.16. The first-order valence-corrected chi connectivity index (χ1v) is 7.22. The van der Waals surface area contributed by atoms with E-state index in [1.54, 1.807) is 11.3 Å². The number of aromatic nitrogens is 1. The lowest BCUT2D eigenvalue weighted by Crippen LogP contribution is -3.00. The molecule has 1 aromatic heterocycles. The van der Waals surface area contributed by atoms with Gasteiger partial charge in [-0.3, -0.25) is 0 Å². The van der Waals surface area contributed by atoms with Crippen molar-refractivity contribution in [2.75, 3.05) is 0 Å². The number of thiazole rings is 1. The average Bonchev–Trinajstić information content (AvgIpc) is 2.83. The van der Waals surface area contributed by atoms with Crippen LogP contribution in [0, 0.1) is 6.92 Å². The lowest BCUT2D eigenvalue weighted by atomic mass is 10.1. The summed E-state index contributed by atoms with van der Waals surface area (Å²) in [4.78, 5) is 5.87. The Balaban J connectivity index is 0.00000147. The van der Waals surface area contributed by atoms with Gasteiger partial charge in [-0.05, 0) is 24.6 Å². The third-order valence-electron chi connectivity index (χ3n) is 2.89. The fraction of sp³-hybridized carbons (Fsp3) is 0.0625. The molecule has 3 aromatic rings. The Bertz CT molecular complexity index is 692. The van der Waals surface area contributed by atoms with Gasteiger partial charge in [-0.15, -0.1) is 11.3 Å². The van der Waals surface area contributed by atoms with Gasteiger partial charge in [0.2, 0.25) is 0 Å². The third-order valence-corrected chi connectivity index (χ3v) is 4.16. The van der Waals surface area contributed by atoms with Crippen molar-refractivity contribution < 1.29 is 17.0 Å². The number of benzene rings is 2. The molecule has 0 atom stereocenters. The lowest BCUT2D eigenvalue weighted by molar-refractivity contribution is -0.00000366. The molecule has 1 heterocycles. The van der Waals surface area contributed by atoms with E-state index in [1.807, 2.05) is 37.3 Å². The van der Waals surface area contributed by atoms with Crippen LogP contribution in [0.5, 0.6) is 0 Å². The van der Waals surface area contributed by atoms with Crippen molar-refractivity contribution >= 4 is 22.9 Å². The second kappa shape index (κ2) is 6.53. The molecule has 0 aliphatic heterocycles. The van der Waals surface area contributed by atoms with Gasteiger partial charge in [0.15, 0.2) is 0 Å². The number of hydrogen-bond acceptors (Lipinski definition) is 2. The Morgan fingerprint density at radius 3 is 2.20 bits per heavy atom. The summed E-state index contributed by atoms with van der Waals surface area (Å²) in [6, 6.07) is 18.2. The Morgan fingerprint density at radius 2 is 1.55 bits per heavy atom. The van der Waals surface area contributed by atoms with E-state index in [1.165, 1.54) is 10.4 Å². The van der Waals surface area contributed by atoms with E-state index >= 15 is 0 Å². The molecule has 0 aliphatic rings. The molecule has 0 amide bonds. The van der Waals surface area contributed by atoms with Crippen LogP contribution in [0.2, 0.25) is 5.02 Å². The van der Waals surface area contributed by atoms with Crippen molar-refractivity contribution in [1.29, 1.82) is 0 Å². The maximum Gasteiger partial charge on any atom is 0.0908 e. The first-order chi connectivity index (χ1) is 9.24. The zero-order chi connectivity index (χ0) is 13.2. The highest BCUT2D eigenvalue weighted by molar-refractivity contribution is 7.15. The first kappa shape index (κ1) is 15.2. The molecule has 0 spiro atoms. The van der Waals surface area contributed by atoms with E-state index in [0.717, 1.165) is 21.3 Å². The van der Waals surface area contributed by atoms with Crippen LogP contribution in [0.3, 0.4) is 0 Å². The van der Waals surface area contributed by atoms with Crippen molar-refractivity contribution in [2.24, 2.45) is 0 Å². The largest absolute Gasteiger partial charge is 1.00 e. The van der Waals surface area contributed by atoms with Crippen LogP contribution in [0.1, 0.15) is 5.01 Å². The summed E-state index contributed by atoms with van der Waals surface area (Å²) in [6.07, 6.45) is 0. The van der Waals surface area contributed by atoms with Gasteiger partial charge >= 0.3 is 0 Å². The maximum absolute atomic E-state index is 5.94. The Morgan fingerprint density at radius 1 is 0.900 bits per heavy atom. The minimum atomic E-state index is 0. The summed E-state index contributed by atoms with van der Waals surface area (Å²) in [7, 11) is 0. The van der Waals surface area contributed by atoms with Gasteiger partial charge in [0.05, 0.1) is 15.6 Å². The molecular formula is C16H12BrClNS-. The van der Waals surface area contributed by atoms with Crippen LogP contribution >= 0.6 is 22.9 Å². The predicted octanol–water partition coefficient (Wildman–Crippen LogP) is 2.44. The van der Waals surface area contributed by atoms with Gasteiger partial charge < -0.3 is 17.0 Å². The SMILES string of the molecule is Cc1nc(-c2ccc(Cl)cc2)c(-c2ccccc2)s1.[Br-]. The molecule has 0 bridgehead atoms. The van der Waals surface area contributed by atoms with Gasteiger partial charge in [-0.1, -0.05) is 54.1 Å². The summed E-state index contributed by atoms with van der Waals surface area (Å²) in [5.41, 5.74) is 3.34. The molecule has 0 unspecified atom stereocenters. The van der Waals surface area contributed by atoms with Crippen LogP contribution in [-0.2, 0) is 0 Å². The minimum absolute atomic E-state index is 0. The summed E-state index contributed by atoms with van der Waals surface area (Å²) >= 11 is 7.67. The number of hydrogen-bond donors (Lipinski definition) is 0. The van der Waals surface area contributed by atoms with Crippen molar-refractivity contribution in [1.82, 2.24) is 4.98 Å². The molecule has 0 fully saturated rings. The molecule has 0 radical (unpaired) electrons. The smallest absolute Gasteiger partial charge is 0.0908 e. The van der Waals surface area contributed by atoms with E-state index in [0.29, 0.717) is 0 Å². The molecule has 1 nitrogen and oxygen atoms in total. The molecule has 4 heteroatoms. The van der Waals surface area contributed by atoms with Gasteiger partial charge in [-0.25, -0.2) is 4.98 Å². The Kier molecular flexibility index (Phi) is 4.97. The van der Waals surface area contributed by atoms with Gasteiger partial charge in [0.25, 0.3) is 0 Å². The highest BCUT2D eigenvalue weighted by atomic mass is 79.9. The molecule has 3 rings (SSSR count). The van der Waals surface area contributed by atoms with E-state index in [9.17, 15) is 0 Å². The highest BCUT2D eigenvalue weighted by Crippen LogP contribution is 2.36. The number of nitrogens with zero attached hydrogens (tertiary/aromatic N) is 1. The first-order valence-electron chi connectivity index (χ1n) is 6.03. The van der Waals surface area contributed by atoms with Gasteiger partial charge in [0.1, 0.15) is 0 Å². The van der Waals surface area contributed by atoms with Crippen molar-refractivity contribution in [3.8, 4) is 21.7 Å². The number of halogens is 2. The molecule has 2 aromatic carbocycles. The van der Waals surface area contributed by atoms with Crippen molar-refractivity contribution in [3.63, 3.8) is 0 Å². The molecule has 0 saturated heterocycles. The summed E-state index contributed by atoms with van der Waals surface area (Å²) in [5, 5.41) is 1.82. The van der Waals surface area contributed by atoms with E-state index in [4.69, 9.17) is 11.6 Å². The molecule has 0 N–H and O–H groups in total. The average molecular weight is 366 g/mol. The molecule has 102 valence electrons. The van der Waals surface area contributed by atoms with E-state index < -0.39 is 0 Å². The topological polar surface area (TPSA) is 12.9 Å². The van der Waals surface area contributed by atoms with Crippen LogP contribution in [0.4, 0.5) is 0 Å². The van der Waals surface area contributed by atoms with Gasteiger partial charge in [0, 0.05) is 10.6 Å². The van der Waals surface area contributed by atoms with E-state index in [-0.39, 0.29) is 17.0 Å². The third kappa shape index (κ3) is 3.11. The molecule has 0 saturated carbocycles. The summed E-state index contributed by atoms with van der Waals surface area (Å²) in [5.74, 6) is 0. The van der Waals surface area contributed by atoms with E-state index in [2.05, 4.69) is 29.2 Å². The Labute approximate surface area is 138 Å². The van der Waals surface area contributed by atoms with Gasteiger partial charge in [-0.2, -0.15) is 0 Å². The minimum Gasteiger partial charge on any atom is -1.00 e. The van der Waals surface area contributed by atoms with Crippen molar-refractivity contribution in [3.05, 3.63) is 64.6 Å². The highest BCUT2D eigenvalue weighted by Gasteiger charge is 2.12. The predicted molar refractivity (Wildman–Crippen MR) is 82.7 cm³/mol.